The van der Waals surface area contributed by atoms with Gasteiger partial charge < -0.3 is 4.90 Å². The second kappa shape index (κ2) is 1.76. The maximum atomic E-state index is 3.79. The Morgan fingerprint density at radius 3 is 2.67 bits per heavy atom. The lowest BCUT2D eigenvalue weighted by Gasteiger charge is -2.24. The van der Waals surface area contributed by atoms with Crippen molar-refractivity contribution in [1.82, 2.24) is 4.90 Å². The summed E-state index contributed by atoms with van der Waals surface area (Å²) < 4.78 is 0. The first-order valence-electron chi connectivity index (χ1n) is 3.78. The molecule has 50 valence electrons. The Kier molecular flexibility index (Phi) is 1.04. The van der Waals surface area contributed by atoms with Crippen molar-refractivity contribution in [1.29, 1.82) is 0 Å². The Balaban J connectivity index is 2.09. The van der Waals surface area contributed by atoms with E-state index in [-0.39, 0.29) is 0 Å². The molecule has 0 aromatic heterocycles. The summed E-state index contributed by atoms with van der Waals surface area (Å²) in [6.07, 6.45) is 6.32. The van der Waals surface area contributed by atoms with Crippen LogP contribution in [-0.2, 0) is 0 Å². The molecule has 2 fully saturated rings. The fourth-order valence-electron chi connectivity index (χ4n) is 2.19. The predicted molar refractivity (Wildman–Crippen MR) is 38.0 cm³/mol. The summed E-state index contributed by atoms with van der Waals surface area (Å²) in [5.41, 5.74) is 0. The van der Waals surface area contributed by atoms with Gasteiger partial charge in [0.25, 0.3) is 0 Å². The van der Waals surface area contributed by atoms with Crippen LogP contribution in [0.25, 0.3) is 0 Å². The van der Waals surface area contributed by atoms with Crippen molar-refractivity contribution in [3.05, 3.63) is 12.8 Å². The van der Waals surface area contributed by atoms with Gasteiger partial charge in [-0.15, -0.1) is 0 Å². The van der Waals surface area contributed by atoms with Crippen LogP contribution in [0.3, 0.4) is 0 Å². The Labute approximate surface area is 56.4 Å². The van der Waals surface area contributed by atoms with E-state index in [4.69, 9.17) is 0 Å². The molecule has 9 heavy (non-hydrogen) atoms. The highest BCUT2D eigenvalue weighted by molar-refractivity contribution is 4.95. The molecule has 0 spiro atoms. The summed E-state index contributed by atoms with van der Waals surface area (Å²) in [4.78, 5) is 2.40. The summed E-state index contributed by atoms with van der Waals surface area (Å²) >= 11 is 0. The molecule has 1 nitrogen and oxygen atoms in total. The van der Waals surface area contributed by atoms with Gasteiger partial charge in [0.05, 0.1) is 0 Å². The molecule has 1 saturated carbocycles. The number of hydrogen-bond acceptors (Lipinski definition) is 1. The Bertz CT molecular complexity index is 131. The second-order valence-corrected chi connectivity index (χ2v) is 3.21. The van der Waals surface area contributed by atoms with Crippen molar-refractivity contribution in [3.8, 4) is 0 Å². The van der Waals surface area contributed by atoms with Gasteiger partial charge >= 0.3 is 0 Å². The van der Waals surface area contributed by atoms with E-state index in [0.717, 1.165) is 12.0 Å². The second-order valence-electron chi connectivity index (χ2n) is 3.21. The summed E-state index contributed by atoms with van der Waals surface area (Å²) in [5.74, 6) is 1.01. The molecule has 2 rings (SSSR count). The van der Waals surface area contributed by atoms with Gasteiger partial charge in [0, 0.05) is 12.6 Å². The average Bonchev–Trinajstić information content (AvgIpc) is 2.45. The summed E-state index contributed by atoms with van der Waals surface area (Å²) in [5, 5.41) is 0. The van der Waals surface area contributed by atoms with E-state index >= 15 is 0 Å². The molecule has 0 aromatic carbocycles. The first-order chi connectivity index (χ1) is 4.40. The van der Waals surface area contributed by atoms with Gasteiger partial charge in [-0.25, -0.2) is 0 Å². The molecule has 2 unspecified atom stereocenters. The first kappa shape index (κ1) is 5.33. The fourth-order valence-corrected chi connectivity index (χ4v) is 2.19. The van der Waals surface area contributed by atoms with E-state index < -0.39 is 0 Å². The molecule has 0 aromatic rings. The quantitative estimate of drug-likeness (QED) is 0.512. The summed E-state index contributed by atoms with van der Waals surface area (Å²) in [6, 6.07) is 0.868. The van der Waals surface area contributed by atoms with Gasteiger partial charge in [-0.3, -0.25) is 0 Å². The van der Waals surface area contributed by atoms with E-state index in [1.165, 1.54) is 25.8 Å². The molecular formula is C8H13N. The SMILES string of the molecule is C=CN1CC2CCC1C2. The maximum absolute atomic E-state index is 3.79. The summed E-state index contributed by atoms with van der Waals surface area (Å²) in [6.45, 7) is 5.07. The molecule has 1 heteroatoms. The minimum atomic E-state index is 0.868. The number of rotatable bonds is 1. The third-order valence-electron chi connectivity index (χ3n) is 2.69. The Morgan fingerprint density at radius 2 is 2.33 bits per heavy atom. The van der Waals surface area contributed by atoms with E-state index in [9.17, 15) is 0 Å². The van der Waals surface area contributed by atoms with E-state index in [0.29, 0.717) is 0 Å². The number of hydrogen-bond donors (Lipinski definition) is 0. The molecule has 0 N–H and O–H groups in total. The first-order valence-corrected chi connectivity index (χ1v) is 3.78. The molecule has 0 amide bonds. The van der Waals surface area contributed by atoms with Crippen molar-refractivity contribution < 1.29 is 0 Å². The molecule has 0 radical (unpaired) electrons. The molecule has 1 heterocycles. The molecule has 2 aliphatic rings. The van der Waals surface area contributed by atoms with E-state index in [1.807, 2.05) is 6.20 Å². The van der Waals surface area contributed by atoms with E-state index in [1.54, 1.807) is 0 Å². The zero-order chi connectivity index (χ0) is 6.27. The van der Waals surface area contributed by atoms with Crippen molar-refractivity contribution in [2.75, 3.05) is 6.54 Å². The van der Waals surface area contributed by atoms with Crippen LogP contribution in [0.2, 0.25) is 0 Å². The van der Waals surface area contributed by atoms with Crippen LogP contribution in [0.15, 0.2) is 12.8 Å². The zero-order valence-electron chi connectivity index (χ0n) is 5.71. The monoisotopic (exact) mass is 123 g/mol. The molecule has 1 aliphatic heterocycles. The largest absolute Gasteiger partial charge is 0.375 e. The highest BCUT2D eigenvalue weighted by atomic mass is 15.2. The van der Waals surface area contributed by atoms with Gasteiger partial charge in [0.2, 0.25) is 0 Å². The average molecular weight is 123 g/mol. The van der Waals surface area contributed by atoms with Gasteiger partial charge in [0.1, 0.15) is 0 Å². The molecule has 1 saturated heterocycles. The number of piperidine rings is 1. The smallest absolute Gasteiger partial charge is 0.0287 e. The molecule has 2 bridgehead atoms. The van der Waals surface area contributed by atoms with Crippen LogP contribution < -0.4 is 0 Å². The minimum Gasteiger partial charge on any atom is -0.375 e. The number of fused-ring (bicyclic) bond motifs is 2. The number of nitrogens with zero attached hydrogens (tertiary/aromatic N) is 1. The zero-order valence-corrected chi connectivity index (χ0v) is 5.71. The number of likely N-dealkylation sites (tertiary alicyclic amines) is 1. The third kappa shape index (κ3) is 0.673. The van der Waals surface area contributed by atoms with Crippen molar-refractivity contribution in [2.45, 2.75) is 25.3 Å². The van der Waals surface area contributed by atoms with Crippen molar-refractivity contribution >= 4 is 0 Å². The van der Waals surface area contributed by atoms with Crippen molar-refractivity contribution in [3.63, 3.8) is 0 Å². The van der Waals surface area contributed by atoms with Crippen LogP contribution in [0.1, 0.15) is 19.3 Å². The Hall–Kier alpha value is -0.460. The highest BCUT2D eigenvalue weighted by Crippen LogP contribution is 2.36. The molecule has 1 aliphatic carbocycles. The predicted octanol–water partition coefficient (Wildman–Crippen LogP) is 1.61. The van der Waals surface area contributed by atoms with Crippen molar-refractivity contribution in [2.24, 2.45) is 5.92 Å². The highest BCUT2D eigenvalue weighted by Gasteiger charge is 2.35. The molecular weight excluding hydrogens is 110 g/mol. The third-order valence-corrected chi connectivity index (χ3v) is 2.69. The Morgan fingerprint density at radius 1 is 1.44 bits per heavy atom. The van der Waals surface area contributed by atoms with Gasteiger partial charge in [-0.2, -0.15) is 0 Å². The van der Waals surface area contributed by atoms with Crippen LogP contribution in [0.5, 0.6) is 0 Å². The van der Waals surface area contributed by atoms with Gasteiger partial charge in [-0.05, 0) is 31.4 Å². The molecule has 2 atom stereocenters. The van der Waals surface area contributed by atoms with Crippen LogP contribution >= 0.6 is 0 Å². The van der Waals surface area contributed by atoms with Crippen LogP contribution in [-0.4, -0.2) is 17.5 Å². The maximum Gasteiger partial charge on any atom is 0.0287 e. The van der Waals surface area contributed by atoms with Gasteiger partial charge in [0.15, 0.2) is 0 Å². The van der Waals surface area contributed by atoms with Gasteiger partial charge in [-0.1, -0.05) is 6.58 Å². The fraction of sp³-hybridized carbons (Fsp3) is 0.750. The lowest BCUT2D eigenvalue weighted by molar-refractivity contribution is 0.295. The minimum absolute atomic E-state index is 0.868. The standard InChI is InChI=1S/C8H13N/c1-2-9-6-7-3-4-8(9)5-7/h2,7-8H,1,3-6H2. The normalized spacial score (nSPS) is 39.8. The lowest BCUT2D eigenvalue weighted by atomic mass is 10.1. The van der Waals surface area contributed by atoms with E-state index in [2.05, 4.69) is 11.5 Å². The summed E-state index contributed by atoms with van der Waals surface area (Å²) in [7, 11) is 0. The lowest BCUT2D eigenvalue weighted by Crippen LogP contribution is -2.26. The topological polar surface area (TPSA) is 3.24 Å². The van der Waals surface area contributed by atoms with Crippen LogP contribution in [0.4, 0.5) is 0 Å². The van der Waals surface area contributed by atoms with Crippen LogP contribution in [0, 0.1) is 5.92 Å².